The molecule has 0 aromatic heterocycles. The summed E-state index contributed by atoms with van der Waals surface area (Å²) in [7, 11) is 0. The average Bonchev–Trinajstić information content (AvgIpc) is 3.02. The predicted octanol–water partition coefficient (Wildman–Crippen LogP) is 4.06. The van der Waals surface area contributed by atoms with Crippen LogP contribution in [0.3, 0.4) is 0 Å². The van der Waals surface area contributed by atoms with E-state index >= 15 is 0 Å². The van der Waals surface area contributed by atoms with Crippen LogP contribution in [0.2, 0.25) is 0 Å². The second-order valence-corrected chi connectivity index (χ2v) is 5.14. The zero-order valence-electron chi connectivity index (χ0n) is 13.3. The van der Waals surface area contributed by atoms with Gasteiger partial charge in [-0.15, -0.1) is 0 Å². The van der Waals surface area contributed by atoms with Crippen molar-refractivity contribution in [1.82, 2.24) is 5.32 Å². The third kappa shape index (κ3) is 4.69. The first-order valence-electron chi connectivity index (χ1n) is 7.88. The first kappa shape index (κ1) is 16.2. The topological polar surface area (TPSA) is 59.6 Å². The minimum atomic E-state index is -0.244. The number of anilines is 1. The molecule has 0 radical (unpaired) electrons. The maximum Gasteiger partial charge on any atom is 0.323 e. The fourth-order valence-electron chi connectivity index (χ4n) is 2.44. The van der Waals surface area contributed by atoms with Crippen LogP contribution in [0.4, 0.5) is 10.5 Å². The Bertz CT molecular complexity index is 533. The van der Waals surface area contributed by atoms with E-state index in [4.69, 9.17) is 9.47 Å². The molecular formula is C17H24N2O3. The smallest absolute Gasteiger partial charge is 0.323 e. The molecule has 2 amide bonds. The van der Waals surface area contributed by atoms with Crippen molar-refractivity contribution in [3.63, 3.8) is 0 Å². The van der Waals surface area contributed by atoms with Crippen molar-refractivity contribution < 1.29 is 14.3 Å². The lowest BCUT2D eigenvalue weighted by atomic mass is 10.2. The van der Waals surface area contributed by atoms with E-state index in [-0.39, 0.29) is 6.03 Å². The Morgan fingerprint density at radius 2 is 1.82 bits per heavy atom. The maximum atomic E-state index is 11.9. The Labute approximate surface area is 131 Å². The molecule has 0 unspecified atom stereocenters. The number of amides is 2. The van der Waals surface area contributed by atoms with E-state index in [0.29, 0.717) is 30.4 Å². The van der Waals surface area contributed by atoms with Gasteiger partial charge >= 0.3 is 6.03 Å². The van der Waals surface area contributed by atoms with Crippen LogP contribution >= 0.6 is 0 Å². The van der Waals surface area contributed by atoms with E-state index in [1.165, 1.54) is 18.4 Å². The average molecular weight is 304 g/mol. The van der Waals surface area contributed by atoms with Crippen molar-refractivity contribution in [2.45, 2.75) is 39.5 Å². The van der Waals surface area contributed by atoms with Crippen molar-refractivity contribution in [2.75, 3.05) is 18.5 Å². The van der Waals surface area contributed by atoms with E-state index < -0.39 is 0 Å². The molecule has 0 spiro atoms. The zero-order chi connectivity index (χ0) is 15.8. The third-order valence-electron chi connectivity index (χ3n) is 3.45. The minimum absolute atomic E-state index is 0.244. The molecule has 1 fully saturated rings. The van der Waals surface area contributed by atoms with Crippen LogP contribution in [-0.4, -0.2) is 19.2 Å². The molecule has 2 N–H and O–H groups in total. The number of ether oxygens (including phenoxy) is 2. The van der Waals surface area contributed by atoms with Crippen molar-refractivity contribution >= 4 is 11.7 Å². The Balaban J connectivity index is 1.97. The van der Waals surface area contributed by atoms with E-state index in [9.17, 15) is 4.79 Å². The molecule has 120 valence electrons. The Morgan fingerprint density at radius 1 is 1.14 bits per heavy atom. The molecule has 5 nitrogen and oxygen atoms in total. The van der Waals surface area contributed by atoms with Gasteiger partial charge in [-0.2, -0.15) is 0 Å². The summed E-state index contributed by atoms with van der Waals surface area (Å²) in [5.74, 6) is 1.32. The van der Waals surface area contributed by atoms with Gasteiger partial charge in [-0.05, 0) is 51.7 Å². The first-order chi connectivity index (χ1) is 10.7. The molecule has 2 rings (SSSR count). The summed E-state index contributed by atoms with van der Waals surface area (Å²) in [5.41, 5.74) is 1.98. The van der Waals surface area contributed by atoms with Gasteiger partial charge in [-0.3, -0.25) is 0 Å². The van der Waals surface area contributed by atoms with Gasteiger partial charge < -0.3 is 20.1 Å². The van der Waals surface area contributed by atoms with Gasteiger partial charge in [-0.1, -0.05) is 5.57 Å². The molecule has 0 heterocycles. The number of allylic oxidation sites excluding steroid dienone is 1. The van der Waals surface area contributed by atoms with Crippen LogP contribution < -0.4 is 20.1 Å². The highest BCUT2D eigenvalue weighted by Gasteiger charge is 2.09. The van der Waals surface area contributed by atoms with Crippen molar-refractivity contribution in [2.24, 2.45) is 0 Å². The van der Waals surface area contributed by atoms with Crippen molar-refractivity contribution in [3.05, 3.63) is 30.0 Å². The number of rotatable bonds is 6. The summed E-state index contributed by atoms with van der Waals surface area (Å²) >= 11 is 0. The number of carbonyl (C=O) groups is 1. The number of hydrogen-bond donors (Lipinski definition) is 2. The van der Waals surface area contributed by atoms with Gasteiger partial charge in [0, 0.05) is 18.0 Å². The van der Waals surface area contributed by atoms with Gasteiger partial charge in [0.1, 0.15) is 0 Å². The fourth-order valence-corrected chi connectivity index (χ4v) is 2.44. The van der Waals surface area contributed by atoms with E-state index in [0.717, 1.165) is 12.8 Å². The first-order valence-corrected chi connectivity index (χ1v) is 7.88. The van der Waals surface area contributed by atoms with Crippen molar-refractivity contribution in [3.8, 4) is 11.5 Å². The molecular weight excluding hydrogens is 280 g/mol. The van der Waals surface area contributed by atoms with Gasteiger partial charge in [0.15, 0.2) is 11.5 Å². The monoisotopic (exact) mass is 304 g/mol. The summed E-state index contributed by atoms with van der Waals surface area (Å²) in [6.45, 7) is 4.95. The summed E-state index contributed by atoms with van der Waals surface area (Å²) in [4.78, 5) is 11.9. The molecule has 1 aromatic rings. The molecule has 1 saturated carbocycles. The highest BCUT2D eigenvalue weighted by atomic mass is 16.5. The molecule has 0 atom stereocenters. The molecule has 0 bridgehead atoms. The van der Waals surface area contributed by atoms with Crippen LogP contribution in [0.5, 0.6) is 11.5 Å². The predicted molar refractivity (Wildman–Crippen MR) is 87.5 cm³/mol. The molecule has 0 saturated heterocycles. The Morgan fingerprint density at radius 3 is 2.50 bits per heavy atom. The lowest BCUT2D eigenvalue weighted by Gasteiger charge is -2.13. The number of carbonyl (C=O) groups excluding carboxylic acids is 1. The van der Waals surface area contributed by atoms with Crippen LogP contribution in [0.25, 0.3) is 0 Å². The number of urea groups is 1. The number of benzene rings is 1. The van der Waals surface area contributed by atoms with E-state index in [1.807, 2.05) is 20.0 Å². The molecule has 22 heavy (non-hydrogen) atoms. The molecule has 1 aliphatic rings. The SMILES string of the molecule is CCOc1ccc(NC(=O)NC=C2CCCC2)cc1OCC. The molecule has 0 aliphatic heterocycles. The summed E-state index contributed by atoms with van der Waals surface area (Å²) in [6.07, 6.45) is 6.41. The lowest BCUT2D eigenvalue weighted by Crippen LogP contribution is -2.24. The van der Waals surface area contributed by atoms with Gasteiger partial charge in [-0.25, -0.2) is 4.79 Å². The highest BCUT2D eigenvalue weighted by Crippen LogP contribution is 2.30. The summed E-state index contributed by atoms with van der Waals surface area (Å²) in [5, 5.41) is 5.58. The normalized spacial score (nSPS) is 13.6. The van der Waals surface area contributed by atoms with Gasteiger partial charge in [0.25, 0.3) is 0 Å². The van der Waals surface area contributed by atoms with Gasteiger partial charge in [0.05, 0.1) is 13.2 Å². The molecule has 5 heteroatoms. The van der Waals surface area contributed by atoms with Crippen LogP contribution in [0, 0.1) is 0 Å². The van der Waals surface area contributed by atoms with Crippen LogP contribution in [0.15, 0.2) is 30.0 Å². The molecule has 1 aliphatic carbocycles. The summed E-state index contributed by atoms with van der Waals surface area (Å²) < 4.78 is 11.0. The number of nitrogens with one attached hydrogen (secondary N) is 2. The minimum Gasteiger partial charge on any atom is -0.490 e. The standard InChI is InChI=1S/C17H24N2O3/c1-3-21-15-10-9-14(11-16(15)22-4-2)19-17(20)18-12-13-7-5-6-8-13/h9-12H,3-8H2,1-2H3,(H2,18,19,20). The Kier molecular flexibility index (Phi) is 6.13. The fraction of sp³-hybridized carbons (Fsp3) is 0.471. The highest BCUT2D eigenvalue weighted by molar-refractivity contribution is 5.90. The number of hydrogen-bond acceptors (Lipinski definition) is 3. The largest absolute Gasteiger partial charge is 0.490 e. The summed E-state index contributed by atoms with van der Waals surface area (Å²) in [6, 6.07) is 5.14. The van der Waals surface area contributed by atoms with E-state index in [2.05, 4.69) is 10.6 Å². The van der Waals surface area contributed by atoms with Crippen LogP contribution in [0.1, 0.15) is 39.5 Å². The zero-order valence-corrected chi connectivity index (χ0v) is 13.3. The third-order valence-corrected chi connectivity index (χ3v) is 3.45. The van der Waals surface area contributed by atoms with Crippen LogP contribution in [-0.2, 0) is 0 Å². The van der Waals surface area contributed by atoms with E-state index in [1.54, 1.807) is 18.2 Å². The maximum absolute atomic E-state index is 11.9. The van der Waals surface area contributed by atoms with Crippen molar-refractivity contribution in [1.29, 1.82) is 0 Å². The quantitative estimate of drug-likeness (QED) is 0.833. The second-order valence-electron chi connectivity index (χ2n) is 5.14. The second kappa shape index (κ2) is 8.32. The molecule has 1 aromatic carbocycles. The Hall–Kier alpha value is -2.17. The lowest BCUT2D eigenvalue weighted by molar-refractivity contribution is 0.255. The van der Waals surface area contributed by atoms with Gasteiger partial charge in [0.2, 0.25) is 0 Å².